The standard InChI is InChI=1S/C20H16N2O3S/c1-12-19(13(2)23)26-20(21-12)14-7-9-15(10-8-14)24-11-18-22-16-5-3-4-6-17(16)25-18/h3-10H,11H2,1-2H3. The highest BCUT2D eigenvalue weighted by molar-refractivity contribution is 7.17. The molecule has 130 valence electrons. The first-order valence-electron chi connectivity index (χ1n) is 8.16. The van der Waals surface area contributed by atoms with Crippen LogP contribution in [0, 0.1) is 6.92 Å². The summed E-state index contributed by atoms with van der Waals surface area (Å²) in [4.78, 5) is 21.2. The predicted molar refractivity (Wildman–Crippen MR) is 101 cm³/mol. The number of fused-ring (bicyclic) bond motifs is 1. The number of aryl methyl sites for hydroxylation is 1. The zero-order chi connectivity index (χ0) is 18.1. The highest BCUT2D eigenvalue weighted by Crippen LogP contribution is 2.29. The molecule has 0 amide bonds. The Morgan fingerprint density at radius 1 is 1.12 bits per heavy atom. The summed E-state index contributed by atoms with van der Waals surface area (Å²) in [5.74, 6) is 1.30. The molecule has 2 aromatic carbocycles. The molecule has 0 aliphatic carbocycles. The van der Waals surface area contributed by atoms with Crippen LogP contribution in [0.2, 0.25) is 0 Å². The van der Waals surface area contributed by atoms with E-state index in [4.69, 9.17) is 9.15 Å². The van der Waals surface area contributed by atoms with E-state index in [-0.39, 0.29) is 12.4 Å². The minimum absolute atomic E-state index is 0.0459. The Balaban J connectivity index is 1.47. The molecule has 4 aromatic rings. The number of carbonyl (C=O) groups is 1. The van der Waals surface area contributed by atoms with Crippen LogP contribution in [0.1, 0.15) is 28.2 Å². The Morgan fingerprint density at radius 3 is 2.58 bits per heavy atom. The van der Waals surface area contributed by atoms with Gasteiger partial charge in [0.15, 0.2) is 18.0 Å². The van der Waals surface area contributed by atoms with Crippen molar-refractivity contribution in [1.82, 2.24) is 9.97 Å². The highest BCUT2D eigenvalue weighted by atomic mass is 32.1. The van der Waals surface area contributed by atoms with Crippen LogP contribution in [0.25, 0.3) is 21.7 Å². The monoisotopic (exact) mass is 364 g/mol. The first-order chi connectivity index (χ1) is 12.6. The molecule has 0 aliphatic heterocycles. The Labute approximate surface area is 154 Å². The van der Waals surface area contributed by atoms with Gasteiger partial charge in [0.1, 0.15) is 16.3 Å². The van der Waals surface area contributed by atoms with Crippen molar-refractivity contribution in [1.29, 1.82) is 0 Å². The van der Waals surface area contributed by atoms with E-state index in [0.29, 0.717) is 10.8 Å². The molecule has 26 heavy (non-hydrogen) atoms. The molecule has 5 nitrogen and oxygen atoms in total. The van der Waals surface area contributed by atoms with Crippen LogP contribution in [-0.2, 0) is 6.61 Å². The van der Waals surface area contributed by atoms with Gasteiger partial charge in [0.2, 0.25) is 5.89 Å². The smallest absolute Gasteiger partial charge is 0.233 e. The number of aromatic nitrogens is 2. The highest BCUT2D eigenvalue weighted by Gasteiger charge is 2.13. The third-order valence-corrected chi connectivity index (χ3v) is 5.23. The summed E-state index contributed by atoms with van der Waals surface area (Å²) in [5, 5.41) is 0.832. The second kappa shape index (κ2) is 6.72. The number of para-hydroxylation sites is 2. The van der Waals surface area contributed by atoms with Gasteiger partial charge >= 0.3 is 0 Å². The van der Waals surface area contributed by atoms with Crippen molar-refractivity contribution in [2.24, 2.45) is 0 Å². The molecule has 2 aromatic heterocycles. The van der Waals surface area contributed by atoms with Crippen LogP contribution in [0.3, 0.4) is 0 Å². The third-order valence-electron chi connectivity index (χ3n) is 3.92. The van der Waals surface area contributed by atoms with Crippen molar-refractivity contribution in [2.75, 3.05) is 0 Å². The van der Waals surface area contributed by atoms with Gasteiger partial charge in [0, 0.05) is 12.5 Å². The summed E-state index contributed by atoms with van der Waals surface area (Å²) in [5.41, 5.74) is 3.30. The fraction of sp³-hybridized carbons (Fsp3) is 0.150. The number of ketones is 1. The third kappa shape index (κ3) is 3.23. The summed E-state index contributed by atoms with van der Waals surface area (Å²) in [7, 11) is 0. The van der Waals surface area contributed by atoms with E-state index in [1.807, 2.05) is 55.5 Å². The molecule has 2 heterocycles. The maximum Gasteiger partial charge on any atom is 0.233 e. The van der Waals surface area contributed by atoms with E-state index in [1.54, 1.807) is 6.92 Å². The van der Waals surface area contributed by atoms with E-state index in [2.05, 4.69) is 9.97 Å². The van der Waals surface area contributed by atoms with Crippen molar-refractivity contribution >= 4 is 28.2 Å². The van der Waals surface area contributed by atoms with E-state index in [1.165, 1.54) is 11.3 Å². The summed E-state index contributed by atoms with van der Waals surface area (Å²) < 4.78 is 11.4. The van der Waals surface area contributed by atoms with Crippen molar-refractivity contribution in [3.63, 3.8) is 0 Å². The number of carbonyl (C=O) groups excluding carboxylic acids is 1. The van der Waals surface area contributed by atoms with Crippen molar-refractivity contribution in [2.45, 2.75) is 20.5 Å². The van der Waals surface area contributed by atoms with Gasteiger partial charge in [0.25, 0.3) is 0 Å². The number of benzene rings is 2. The van der Waals surface area contributed by atoms with Crippen LogP contribution in [0.15, 0.2) is 52.9 Å². The number of oxazole rings is 1. The lowest BCUT2D eigenvalue weighted by Crippen LogP contribution is -1.95. The quantitative estimate of drug-likeness (QED) is 0.464. The molecule has 0 bridgehead atoms. The lowest BCUT2D eigenvalue weighted by molar-refractivity contribution is 0.102. The molecule has 0 saturated carbocycles. The number of ether oxygens (including phenoxy) is 1. The van der Waals surface area contributed by atoms with Gasteiger partial charge in [-0.1, -0.05) is 12.1 Å². The minimum Gasteiger partial charge on any atom is -0.484 e. The van der Waals surface area contributed by atoms with Crippen LogP contribution in [0.5, 0.6) is 5.75 Å². The Hall–Kier alpha value is -2.99. The van der Waals surface area contributed by atoms with Gasteiger partial charge < -0.3 is 9.15 Å². The number of Topliss-reactive ketones (excluding diaryl/α,β-unsaturated/α-hetero) is 1. The van der Waals surface area contributed by atoms with Crippen molar-refractivity contribution in [3.8, 4) is 16.3 Å². The van der Waals surface area contributed by atoms with Gasteiger partial charge in [-0.05, 0) is 43.3 Å². The molecular formula is C20H16N2O3S. The normalized spacial score (nSPS) is 11.0. The molecule has 0 unspecified atom stereocenters. The van der Waals surface area contributed by atoms with E-state index in [9.17, 15) is 4.79 Å². The summed E-state index contributed by atoms with van der Waals surface area (Å²) >= 11 is 1.41. The van der Waals surface area contributed by atoms with E-state index >= 15 is 0 Å². The summed E-state index contributed by atoms with van der Waals surface area (Å²) in [6, 6.07) is 15.2. The molecule has 0 spiro atoms. The minimum atomic E-state index is 0.0459. The maximum absolute atomic E-state index is 11.6. The zero-order valence-electron chi connectivity index (χ0n) is 14.4. The topological polar surface area (TPSA) is 65.2 Å². The lowest BCUT2D eigenvalue weighted by Gasteiger charge is -2.04. The largest absolute Gasteiger partial charge is 0.484 e. The SMILES string of the molecule is CC(=O)c1sc(-c2ccc(OCc3nc4ccccc4o3)cc2)nc1C. The average molecular weight is 364 g/mol. The second-order valence-corrected chi connectivity index (χ2v) is 6.88. The number of hydrogen-bond donors (Lipinski definition) is 0. The molecule has 0 radical (unpaired) electrons. The Kier molecular flexibility index (Phi) is 4.26. The van der Waals surface area contributed by atoms with Crippen molar-refractivity contribution < 1.29 is 13.9 Å². The Morgan fingerprint density at radius 2 is 1.88 bits per heavy atom. The molecule has 6 heteroatoms. The summed E-state index contributed by atoms with van der Waals surface area (Å²) in [6.07, 6.45) is 0. The number of nitrogens with zero attached hydrogens (tertiary/aromatic N) is 2. The molecule has 4 rings (SSSR count). The lowest BCUT2D eigenvalue weighted by atomic mass is 10.2. The van der Waals surface area contributed by atoms with Gasteiger partial charge in [-0.15, -0.1) is 11.3 Å². The first kappa shape index (κ1) is 16.5. The average Bonchev–Trinajstić information content (AvgIpc) is 3.23. The van der Waals surface area contributed by atoms with Crippen LogP contribution in [-0.4, -0.2) is 15.8 Å². The first-order valence-corrected chi connectivity index (χ1v) is 8.98. The molecule has 0 saturated heterocycles. The second-order valence-electron chi connectivity index (χ2n) is 5.88. The molecule has 0 atom stereocenters. The molecular weight excluding hydrogens is 348 g/mol. The van der Waals surface area contributed by atoms with Gasteiger partial charge in [-0.2, -0.15) is 0 Å². The van der Waals surface area contributed by atoms with E-state index in [0.717, 1.165) is 33.1 Å². The van der Waals surface area contributed by atoms with Crippen LogP contribution < -0.4 is 4.74 Å². The van der Waals surface area contributed by atoms with Crippen molar-refractivity contribution in [3.05, 3.63) is 65.0 Å². The zero-order valence-corrected chi connectivity index (χ0v) is 15.2. The fourth-order valence-corrected chi connectivity index (χ4v) is 3.63. The fourth-order valence-electron chi connectivity index (χ4n) is 2.67. The molecule has 0 N–H and O–H groups in total. The Bertz CT molecular complexity index is 1050. The molecule has 0 aliphatic rings. The van der Waals surface area contributed by atoms with Crippen LogP contribution >= 0.6 is 11.3 Å². The predicted octanol–water partition coefficient (Wildman–Crippen LogP) is 5.04. The molecule has 0 fully saturated rings. The van der Waals surface area contributed by atoms with Gasteiger partial charge in [0.05, 0.1) is 10.6 Å². The van der Waals surface area contributed by atoms with Gasteiger partial charge in [-0.25, -0.2) is 9.97 Å². The number of rotatable bonds is 5. The number of hydrogen-bond acceptors (Lipinski definition) is 6. The summed E-state index contributed by atoms with van der Waals surface area (Å²) in [6.45, 7) is 3.68. The van der Waals surface area contributed by atoms with E-state index < -0.39 is 0 Å². The number of thiazole rings is 1. The maximum atomic E-state index is 11.6. The van der Waals surface area contributed by atoms with Crippen LogP contribution in [0.4, 0.5) is 0 Å². The van der Waals surface area contributed by atoms with Gasteiger partial charge in [-0.3, -0.25) is 4.79 Å².